The number of hydrogen-bond donors (Lipinski definition) is 3. The van der Waals surface area contributed by atoms with E-state index in [1.54, 1.807) is 0 Å². The van der Waals surface area contributed by atoms with Crippen LogP contribution in [0.2, 0.25) is 0 Å². The molecule has 23 heavy (non-hydrogen) atoms. The Bertz CT molecular complexity index is 483. The predicted molar refractivity (Wildman–Crippen MR) is 96.8 cm³/mol. The number of rotatable bonds is 7. The van der Waals surface area contributed by atoms with Gasteiger partial charge in [0.1, 0.15) is 0 Å². The van der Waals surface area contributed by atoms with Gasteiger partial charge in [0.25, 0.3) is 0 Å². The average molecular weight is 337 g/mol. The molecule has 4 atom stereocenters. The Morgan fingerprint density at radius 2 is 2.09 bits per heavy atom. The fourth-order valence-corrected chi connectivity index (χ4v) is 4.16. The van der Waals surface area contributed by atoms with Crippen molar-refractivity contribution < 1.29 is 9.90 Å². The van der Waals surface area contributed by atoms with E-state index < -0.39 is 6.10 Å². The number of urea groups is 1. The molecule has 0 heterocycles. The Balaban J connectivity index is 1.72. The lowest BCUT2D eigenvalue weighted by atomic mass is 10.0. The highest BCUT2D eigenvalue weighted by Gasteiger charge is 2.26. The topological polar surface area (TPSA) is 61.4 Å². The molecule has 0 aliphatic heterocycles. The van der Waals surface area contributed by atoms with Crippen LogP contribution < -0.4 is 10.6 Å². The number of amides is 2. The molecule has 0 saturated heterocycles. The van der Waals surface area contributed by atoms with Gasteiger partial charge >= 0.3 is 6.03 Å². The van der Waals surface area contributed by atoms with Crippen molar-refractivity contribution >= 4 is 17.8 Å². The molecule has 0 aromatic heterocycles. The normalized spacial score (nSPS) is 23.3. The fourth-order valence-electron chi connectivity index (χ4n) is 3.02. The molecule has 4 unspecified atom stereocenters. The van der Waals surface area contributed by atoms with Gasteiger partial charge in [0, 0.05) is 17.7 Å². The summed E-state index contributed by atoms with van der Waals surface area (Å²) in [5.74, 6) is 1.13. The lowest BCUT2D eigenvalue weighted by Gasteiger charge is -2.22. The van der Waals surface area contributed by atoms with Crippen molar-refractivity contribution in [1.29, 1.82) is 0 Å². The van der Waals surface area contributed by atoms with Crippen LogP contribution in [0.25, 0.3) is 0 Å². The van der Waals surface area contributed by atoms with E-state index in [0.29, 0.717) is 11.7 Å². The minimum absolute atomic E-state index is 0.170. The van der Waals surface area contributed by atoms with Crippen molar-refractivity contribution in [3.8, 4) is 0 Å². The van der Waals surface area contributed by atoms with Gasteiger partial charge in [-0.25, -0.2) is 4.79 Å². The minimum atomic E-state index is -0.588. The number of thioether (sulfide) groups is 1. The lowest BCUT2D eigenvalue weighted by Crippen LogP contribution is -2.49. The van der Waals surface area contributed by atoms with Gasteiger partial charge < -0.3 is 15.7 Å². The molecule has 1 aliphatic rings. The van der Waals surface area contributed by atoms with Gasteiger partial charge in [-0.2, -0.15) is 11.8 Å². The van der Waals surface area contributed by atoms with E-state index in [1.807, 2.05) is 49.0 Å². The number of nitrogens with one attached hydrogen (secondary N) is 2. The molecule has 2 rings (SSSR count). The molecule has 1 aromatic rings. The first-order valence-electron chi connectivity index (χ1n) is 8.49. The SMILES string of the molecule is CCSC1CCC(NC(=O)NC(C)C(O)Cc2ccccc2)C1. The third-order valence-electron chi connectivity index (χ3n) is 4.35. The highest BCUT2D eigenvalue weighted by Crippen LogP contribution is 2.29. The van der Waals surface area contributed by atoms with Gasteiger partial charge in [-0.15, -0.1) is 0 Å². The van der Waals surface area contributed by atoms with Crippen molar-refractivity contribution in [3.63, 3.8) is 0 Å². The zero-order valence-corrected chi connectivity index (χ0v) is 14.8. The van der Waals surface area contributed by atoms with Crippen LogP contribution in [0.5, 0.6) is 0 Å². The van der Waals surface area contributed by atoms with Gasteiger partial charge in [-0.3, -0.25) is 0 Å². The summed E-state index contributed by atoms with van der Waals surface area (Å²) < 4.78 is 0. The Labute approximate surface area is 143 Å². The van der Waals surface area contributed by atoms with E-state index in [-0.39, 0.29) is 18.1 Å². The molecule has 1 saturated carbocycles. The van der Waals surface area contributed by atoms with Crippen LogP contribution in [0.3, 0.4) is 0 Å². The molecule has 2 amide bonds. The summed E-state index contributed by atoms with van der Waals surface area (Å²) in [5, 5.41) is 16.8. The van der Waals surface area contributed by atoms with Crippen LogP contribution in [0.15, 0.2) is 30.3 Å². The number of hydrogen-bond acceptors (Lipinski definition) is 3. The van der Waals surface area contributed by atoms with Crippen LogP contribution in [0.4, 0.5) is 4.79 Å². The maximum atomic E-state index is 12.1. The molecule has 0 bridgehead atoms. The second-order valence-corrected chi connectivity index (χ2v) is 7.83. The summed E-state index contributed by atoms with van der Waals surface area (Å²) in [6, 6.07) is 9.65. The average Bonchev–Trinajstić information content (AvgIpc) is 2.95. The lowest BCUT2D eigenvalue weighted by molar-refractivity contribution is 0.135. The fraction of sp³-hybridized carbons (Fsp3) is 0.611. The van der Waals surface area contributed by atoms with Gasteiger partial charge in [-0.1, -0.05) is 37.3 Å². The summed E-state index contributed by atoms with van der Waals surface area (Å²) in [5.41, 5.74) is 1.07. The summed E-state index contributed by atoms with van der Waals surface area (Å²) in [7, 11) is 0. The molecular weight excluding hydrogens is 308 g/mol. The minimum Gasteiger partial charge on any atom is -0.391 e. The smallest absolute Gasteiger partial charge is 0.315 e. The molecule has 0 spiro atoms. The summed E-state index contributed by atoms with van der Waals surface area (Å²) in [6.45, 7) is 4.02. The van der Waals surface area contributed by atoms with E-state index >= 15 is 0 Å². The van der Waals surface area contributed by atoms with Crippen molar-refractivity contribution in [2.75, 3.05) is 5.75 Å². The van der Waals surface area contributed by atoms with E-state index in [1.165, 1.54) is 6.42 Å². The number of carbonyl (C=O) groups is 1. The predicted octanol–water partition coefficient (Wildman–Crippen LogP) is 2.95. The van der Waals surface area contributed by atoms with Crippen LogP contribution in [0.1, 0.15) is 38.7 Å². The molecule has 1 aliphatic carbocycles. The first kappa shape index (κ1) is 18.1. The number of carbonyl (C=O) groups excluding carboxylic acids is 1. The summed E-state index contributed by atoms with van der Waals surface area (Å²) in [6.07, 6.45) is 3.23. The van der Waals surface area contributed by atoms with Gasteiger partial charge in [0.05, 0.1) is 12.1 Å². The third kappa shape index (κ3) is 6.07. The Morgan fingerprint density at radius 3 is 2.78 bits per heavy atom. The van der Waals surface area contributed by atoms with E-state index in [4.69, 9.17) is 0 Å². The van der Waals surface area contributed by atoms with E-state index in [2.05, 4.69) is 17.6 Å². The van der Waals surface area contributed by atoms with Crippen molar-refractivity contribution in [1.82, 2.24) is 10.6 Å². The molecule has 5 heteroatoms. The summed E-state index contributed by atoms with van der Waals surface area (Å²) >= 11 is 1.98. The van der Waals surface area contributed by atoms with Crippen LogP contribution in [-0.2, 0) is 6.42 Å². The maximum Gasteiger partial charge on any atom is 0.315 e. The van der Waals surface area contributed by atoms with Gasteiger partial charge in [-0.05, 0) is 37.5 Å². The molecule has 1 aromatic carbocycles. The Morgan fingerprint density at radius 1 is 1.35 bits per heavy atom. The zero-order chi connectivity index (χ0) is 16.7. The standard InChI is InChI=1S/C18H28N2O2S/c1-3-23-16-10-9-15(12-16)20-18(22)19-13(2)17(21)11-14-7-5-4-6-8-14/h4-8,13,15-17,21H,3,9-12H2,1-2H3,(H2,19,20,22). The largest absolute Gasteiger partial charge is 0.391 e. The molecule has 0 radical (unpaired) electrons. The van der Waals surface area contributed by atoms with Gasteiger partial charge in [0.2, 0.25) is 0 Å². The number of aliphatic hydroxyl groups is 1. The van der Waals surface area contributed by atoms with Crippen molar-refractivity contribution in [2.45, 2.75) is 63.0 Å². The molecule has 1 fully saturated rings. The second-order valence-electron chi connectivity index (χ2n) is 6.25. The molecular formula is C18H28N2O2S. The quantitative estimate of drug-likeness (QED) is 0.717. The molecule has 4 nitrogen and oxygen atoms in total. The van der Waals surface area contributed by atoms with Gasteiger partial charge in [0.15, 0.2) is 0 Å². The zero-order valence-electron chi connectivity index (χ0n) is 14.0. The Hall–Kier alpha value is -1.20. The third-order valence-corrected chi connectivity index (χ3v) is 5.58. The van der Waals surface area contributed by atoms with Crippen molar-refractivity contribution in [2.24, 2.45) is 0 Å². The summed E-state index contributed by atoms with van der Waals surface area (Å²) in [4.78, 5) is 12.1. The van der Waals surface area contributed by atoms with Crippen LogP contribution >= 0.6 is 11.8 Å². The monoisotopic (exact) mass is 336 g/mol. The van der Waals surface area contributed by atoms with E-state index in [0.717, 1.165) is 24.2 Å². The molecule has 128 valence electrons. The van der Waals surface area contributed by atoms with Crippen LogP contribution in [-0.4, -0.2) is 40.3 Å². The highest BCUT2D eigenvalue weighted by atomic mass is 32.2. The van der Waals surface area contributed by atoms with Crippen molar-refractivity contribution in [3.05, 3.63) is 35.9 Å². The number of aliphatic hydroxyl groups excluding tert-OH is 1. The second kappa shape index (κ2) is 9.18. The first-order chi connectivity index (χ1) is 11.1. The van der Waals surface area contributed by atoms with E-state index in [9.17, 15) is 9.90 Å². The Kier molecular flexibility index (Phi) is 7.24. The highest BCUT2D eigenvalue weighted by molar-refractivity contribution is 7.99. The number of benzene rings is 1. The molecule has 3 N–H and O–H groups in total. The first-order valence-corrected chi connectivity index (χ1v) is 9.54. The van der Waals surface area contributed by atoms with Crippen LogP contribution in [0, 0.1) is 0 Å². The maximum absolute atomic E-state index is 12.1.